The summed E-state index contributed by atoms with van der Waals surface area (Å²) in [6.07, 6.45) is -0.869. The number of anilines is 1. The highest BCUT2D eigenvalue weighted by Gasteiger charge is 2.35. The third-order valence-corrected chi connectivity index (χ3v) is 2.97. The highest BCUT2D eigenvalue weighted by atomic mass is 32.1. The van der Waals surface area contributed by atoms with E-state index in [1.54, 1.807) is 10.9 Å². The van der Waals surface area contributed by atoms with E-state index >= 15 is 0 Å². The minimum absolute atomic E-state index is 0.159. The molecule has 0 aliphatic heterocycles. The van der Waals surface area contributed by atoms with Gasteiger partial charge in [-0.25, -0.2) is 0 Å². The summed E-state index contributed by atoms with van der Waals surface area (Å²) in [5.41, 5.74) is 1.03. The van der Waals surface area contributed by atoms with Gasteiger partial charge in [0.15, 0.2) is 0 Å². The van der Waals surface area contributed by atoms with Crippen LogP contribution in [0, 0.1) is 6.92 Å². The van der Waals surface area contributed by atoms with Crippen LogP contribution in [0.5, 0.6) is 0 Å². The van der Waals surface area contributed by atoms with Crippen LogP contribution in [0.15, 0.2) is 12.4 Å². The fourth-order valence-electron chi connectivity index (χ4n) is 1.28. The molecule has 9 heteroatoms. The number of hydrogen-bond donors (Lipinski definition) is 1. The van der Waals surface area contributed by atoms with Crippen LogP contribution in [0.3, 0.4) is 0 Å². The highest BCUT2D eigenvalue weighted by molar-refractivity contribution is 7.15. The van der Waals surface area contributed by atoms with E-state index in [0.717, 1.165) is 5.56 Å². The Labute approximate surface area is 105 Å². The molecule has 0 fully saturated rings. The zero-order valence-corrected chi connectivity index (χ0v) is 10.2. The van der Waals surface area contributed by atoms with E-state index in [0.29, 0.717) is 24.4 Å². The second-order valence-electron chi connectivity index (χ2n) is 3.62. The molecule has 0 unspecified atom stereocenters. The first-order valence-corrected chi connectivity index (χ1v) is 5.90. The van der Waals surface area contributed by atoms with Gasteiger partial charge in [0, 0.05) is 12.7 Å². The smallest absolute Gasteiger partial charge is 0.358 e. The third kappa shape index (κ3) is 3.19. The number of aryl methyl sites for hydroxylation is 1. The lowest BCUT2D eigenvalue weighted by Crippen LogP contribution is -2.10. The van der Waals surface area contributed by atoms with Gasteiger partial charge in [0.05, 0.1) is 12.7 Å². The molecular formula is C9H10F3N5S. The van der Waals surface area contributed by atoms with E-state index in [9.17, 15) is 13.2 Å². The number of aromatic nitrogens is 4. The molecule has 98 valence electrons. The molecule has 0 radical (unpaired) electrons. The molecule has 0 aromatic carbocycles. The summed E-state index contributed by atoms with van der Waals surface area (Å²) in [5, 5.41) is 12.6. The van der Waals surface area contributed by atoms with Crippen molar-refractivity contribution in [3.8, 4) is 0 Å². The molecule has 0 aliphatic rings. The summed E-state index contributed by atoms with van der Waals surface area (Å²) >= 11 is 0.492. The maximum atomic E-state index is 12.3. The van der Waals surface area contributed by atoms with Crippen molar-refractivity contribution in [2.24, 2.45) is 0 Å². The van der Waals surface area contributed by atoms with Crippen molar-refractivity contribution in [1.82, 2.24) is 20.0 Å². The van der Waals surface area contributed by atoms with Crippen LogP contribution in [0.4, 0.5) is 18.3 Å². The Hall–Kier alpha value is -1.64. The van der Waals surface area contributed by atoms with Crippen molar-refractivity contribution in [1.29, 1.82) is 0 Å². The van der Waals surface area contributed by atoms with Crippen molar-refractivity contribution in [3.63, 3.8) is 0 Å². The summed E-state index contributed by atoms with van der Waals surface area (Å²) in [6.45, 7) is 2.90. The van der Waals surface area contributed by atoms with Gasteiger partial charge in [-0.1, -0.05) is 11.3 Å². The summed E-state index contributed by atoms with van der Waals surface area (Å²) in [4.78, 5) is 0. The first-order valence-electron chi connectivity index (χ1n) is 5.09. The van der Waals surface area contributed by atoms with Crippen LogP contribution >= 0.6 is 11.3 Å². The zero-order valence-electron chi connectivity index (χ0n) is 9.40. The standard InChI is InChI=1S/C9H10F3N5S/c1-6-4-14-17(5-6)3-2-13-8-16-15-7(18-8)9(10,11)12/h4-5H,2-3H2,1H3,(H,13,16). The fraction of sp³-hybridized carbons (Fsp3) is 0.444. The first kappa shape index (κ1) is 12.8. The topological polar surface area (TPSA) is 55.6 Å². The predicted molar refractivity (Wildman–Crippen MR) is 60.4 cm³/mol. The molecule has 0 bridgehead atoms. The number of alkyl halides is 3. The number of halogens is 3. The molecule has 2 aromatic rings. The van der Waals surface area contributed by atoms with Crippen molar-refractivity contribution in [2.45, 2.75) is 19.6 Å². The van der Waals surface area contributed by atoms with E-state index in [-0.39, 0.29) is 5.13 Å². The summed E-state index contributed by atoms with van der Waals surface area (Å²) in [6, 6.07) is 0. The molecule has 0 saturated heterocycles. The quantitative estimate of drug-likeness (QED) is 0.930. The molecule has 0 saturated carbocycles. The van der Waals surface area contributed by atoms with Gasteiger partial charge < -0.3 is 5.32 Å². The van der Waals surface area contributed by atoms with Crippen molar-refractivity contribution in [3.05, 3.63) is 23.0 Å². The Morgan fingerprint density at radius 2 is 2.17 bits per heavy atom. The highest BCUT2D eigenvalue weighted by Crippen LogP contribution is 2.32. The summed E-state index contributed by atoms with van der Waals surface area (Å²) in [5.74, 6) is 0. The SMILES string of the molecule is Cc1cnn(CCNc2nnc(C(F)(F)F)s2)c1. The Kier molecular flexibility index (Phi) is 3.50. The molecule has 0 spiro atoms. The van der Waals surface area contributed by atoms with Crippen LogP contribution < -0.4 is 5.32 Å². The summed E-state index contributed by atoms with van der Waals surface area (Å²) in [7, 11) is 0. The molecule has 18 heavy (non-hydrogen) atoms. The van der Waals surface area contributed by atoms with Crippen LogP contribution in [0.2, 0.25) is 0 Å². The number of nitrogens with one attached hydrogen (secondary N) is 1. The lowest BCUT2D eigenvalue weighted by molar-refractivity contribution is -0.138. The van der Waals surface area contributed by atoms with Gasteiger partial charge >= 0.3 is 6.18 Å². The Morgan fingerprint density at radius 1 is 1.39 bits per heavy atom. The minimum atomic E-state index is -4.43. The molecule has 2 rings (SSSR count). The fourth-order valence-corrected chi connectivity index (χ4v) is 1.91. The van der Waals surface area contributed by atoms with E-state index < -0.39 is 11.2 Å². The van der Waals surface area contributed by atoms with Gasteiger partial charge in [-0.2, -0.15) is 18.3 Å². The molecule has 2 heterocycles. The number of rotatable bonds is 4. The largest absolute Gasteiger partial charge is 0.445 e. The van der Waals surface area contributed by atoms with Gasteiger partial charge in [-0.05, 0) is 12.5 Å². The average Bonchev–Trinajstić information content (AvgIpc) is 2.87. The van der Waals surface area contributed by atoms with Gasteiger partial charge in [0.25, 0.3) is 0 Å². The van der Waals surface area contributed by atoms with E-state index in [1.165, 1.54) is 0 Å². The average molecular weight is 277 g/mol. The maximum Gasteiger partial charge on any atom is 0.445 e. The lowest BCUT2D eigenvalue weighted by Gasteiger charge is -2.02. The molecule has 0 amide bonds. The van der Waals surface area contributed by atoms with Gasteiger partial charge in [-0.15, -0.1) is 10.2 Å². The van der Waals surface area contributed by atoms with Gasteiger partial charge in [0.1, 0.15) is 0 Å². The van der Waals surface area contributed by atoms with Crippen LogP contribution in [-0.2, 0) is 12.7 Å². The molecule has 1 N–H and O–H groups in total. The molecule has 0 aliphatic carbocycles. The maximum absolute atomic E-state index is 12.3. The van der Waals surface area contributed by atoms with Crippen LogP contribution in [0.25, 0.3) is 0 Å². The second-order valence-corrected chi connectivity index (χ2v) is 4.60. The lowest BCUT2D eigenvalue weighted by atomic mass is 10.4. The second kappa shape index (κ2) is 4.92. The van der Waals surface area contributed by atoms with E-state index in [2.05, 4.69) is 20.6 Å². The van der Waals surface area contributed by atoms with Gasteiger partial charge in [-0.3, -0.25) is 4.68 Å². The monoisotopic (exact) mass is 277 g/mol. The first-order chi connectivity index (χ1) is 8.45. The van der Waals surface area contributed by atoms with E-state index in [1.807, 2.05) is 13.1 Å². The Balaban J connectivity index is 1.85. The van der Waals surface area contributed by atoms with Crippen molar-refractivity contribution >= 4 is 16.5 Å². The third-order valence-electron chi connectivity index (χ3n) is 2.05. The predicted octanol–water partition coefficient (Wildman–Crippen LogP) is 2.17. The van der Waals surface area contributed by atoms with E-state index in [4.69, 9.17) is 0 Å². The van der Waals surface area contributed by atoms with Crippen LogP contribution in [0.1, 0.15) is 10.6 Å². The molecule has 5 nitrogen and oxygen atoms in total. The normalized spacial score (nSPS) is 11.8. The zero-order chi connectivity index (χ0) is 13.2. The minimum Gasteiger partial charge on any atom is -0.358 e. The molecule has 2 aromatic heterocycles. The Morgan fingerprint density at radius 3 is 2.72 bits per heavy atom. The molecular weight excluding hydrogens is 267 g/mol. The molecule has 0 atom stereocenters. The van der Waals surface area contributed by atoms with Crippen molar-refractivity contribution < 1.29 is 13.2 Å². The van der Waals surface area contributed by atoms with Gasteiger partial charge in [0.2, 0.25) is 10.1 Å². The summed E-state index contributed by atoms with van der Waals surface area (Å²) < 4.78 is 38.5. The van der Waals surface area contributed by atoms with Crippen molar-refractivity contribution in [2.75, 3.05) is 11.9 Å². The number of nitrogens with zero attached hydrogens (tertiary/aromatic N) is 4. The van der Waals surface area contributed by atoms with Crippen LogP contribution in [-0.4, -0.2) is 26.5 Å². The number of hydrogen-bond acceptors (Lipinski definition) is 5. The Bertz CT molecular complexity index is 518.